The van der Waals surface area contributed by atoms with E-state index < -0.39 is 10.0 Å². The minimum Gasteiger partial charge on any atom is -0.256 e. The molecule has 0 aliphatic carbocycles. The Labute approximate surface area is 110 Å². The first-order chi connectivity index (χ1) is 9.15. The van der Waals surface area contributed by atoms with E-state index in [4.69, 9.17) is 5.53 Å². The van der Waals surface area contributed by atoms with Crippen LogP contribution in [-0.2, 0) is 10.0 Å². The van der Waals surface area contributed by atoms with Crippen molar-refractivity contribution in [1.29, 1.82) is 0 Å². The van der Waals surface area contributed by atoms with E-state index in [0.29, 0.717) is 10.9 Å². The van der Waals surface area contributed by atoms with Crippen molar-refractivity contribution in [1.82, 2.24) is 9.71 Å². The summed E-state index contributed by atoms with van der Waals surface area (Å²) < 4.78 is 26.7. The predicted molar refractivity (Wildman–Crippen MR) is 70.9 cm³/mol. The maximum absolute atomic E-state index is 12.1. The first-order valence-corrected chi connectivity index (χ1v) is 6.98. The third kappa shape index (κ3) is 3.00. The van der Waals surface area contributed by atoms with Crippen LogP contribution in [0.2, 0.25) is 0 Å². The molecule has 8 heteroatoms. The molecule has 2 rings (SSSR count). The van der Waals surface area contributed by atoms with Gasteiger partial charge in [0.1, 0.15) is 0 Å². The SMILES string of the molecule is [N-]=[N+]=NCCNS(=O)(=O)c1cccc2ncccc12. The fraction of sp³-hybridized carbons (Fsp3) is 0.182. The van der Waals surface area contributed by atoms with Crippen molar-refractivity contribution in [3.63, 3.8) is 0 Å². The second kappa shape index (κ2) is 5.66. The van der Waals surface area contributed by atoms with Crippen LogP contribution >= 0.6 is 0 Å². The molecule has 0 saturated carbocycles. The molecule has 98 valence electrons. The van der Waals surface area contributed by atoms with Crippen molar-refractivity contribution in [2.24, 2.45) is 5.11 Å². The third-order valence-corrected chi connectivity index (χ3v) is 3.98. The molecule has 2 aromatic rings. The third-order valence-electron chi connectivity index (χ3n) is 2.46. The monoisotopic (exact) mass is 277 g/mol. The molecule has 0 atom stereocenters. The molecule has 7 nitrogen and oxygen atoms in total. The summed E-state index contributed by atoms with van der Waals surface area (Å²) in [5.41, 5.74) is 8.74. The summed E-state index contributed by atoms with van der Waals surface area (Å²) in [5.74, 6) is 0. The highest BCUT2D eigenvalue weighted by Gasteiger charge is 2.16. The van der Waals surface area contributed by atoms with Gasteiger partial charge in [-0.1, -0.05) is 11.2 Å². The lowest BCUT2D eigenvalue weighted by atomic mass is 10.2. The van der Waals surface area contributed by atoms with Crippen LogP contribution in [0.25, 0.3) is 21.3 Å². The lowest BCUT2D eigenvalue weighted by molar-refractivity contribution is 0.583. The number of fused-ring (bicyclic) bond motifs is 1. The van der Waals surface area contributed by atoms with Crippen molar-refractivity contribution in [2.75, 3.05) is 13.1 Å². The van der Waals surface area contributed by atoms with Crippen LogP contribution in [0.5, 0.6) is 0 Å². The fourth-order valence-electron chi connectivity index (χ4n) is 1.66. The van der Waals surface area contributed by atoms with Gasteiger partial charge in [0.15, 0.2) is 0 Å². The largest absolute Gasteiger partial charge is 0.256 e. The quantitative estimate of drug-likeness (QED) is 0.389. The van der Waals surface area contributed by atoms with Crippen LogP contribution in [0.4, 0.5) is 0 Å². The Kier molecular flexibility index (Phi) is 3.96. The summed E-state index contributed by atoms with van der Waals surface area (Å²) in [5, 5.41) is 3.83. The predicted octanol–water partition coefficient (Wildman–Crippen LogP) is 1.82. The Morgan fingerprint density at radius 2 is 2.16 bits per heavy atom. The van der Waals surface area contributed by atoms with E-state index in [-0.39, 0.29) is 18.0 Å². The Balaban J connectivity index is 2.35. The van der Waals surface area contributed by atoms with Crippen LogP contribution in [0.1, 0.15) is 0 Å². The summed E-state index contributed by atoms with van der Waals surface area (Å²) >= 11 is 0. The molecular formula is C11H11N5O2S. The number of hydrogen-bond acceptors (Lipinski definition) is 4. The molecule has 0 unspecified atom stereocenters. The molecule has 0 aliphatic rings. The van der Waals surface area contributed by atoms with Crippen molar-refractivity contribution >= 4 is 20.9 Å². The van der Waals surface area contributed by atoms with Gasteiger partial charge in [0.2, 0.25) is 10.0 Å². The number of nitrogens with zero attached hydrogens (tertiary/aromatic N) is 4. The zero-order valence-corrected chi connectivity index (χ0v) is 10.7. The van der Waals surface area contributed by atoms with E-state index in [1.54, 1.807) is 30.5 Å². The van der Waals surface area contributed by atoms with E-state index in [1.807, 2.05) is 0 Å². The van der Waals surface area contributed by atoms with E-state index in [0.717, 1.165) is 0 Å². The summed E-state index contributed by atoms with van der Waals surface area (Å²) in [4.78, 5) is 6.83. The van der Waals surface area contributed by atoms with Gasteiger partial charge in [0, 0.05) is 29.6 Å². The first kappa shape index (κ1) is 13.3. The highest BCUT2D eigenvalue weighted by atomic mass is 32.2. The Morgan fingerprint density at radius 3 is 2.95 bits per heavy atom. The zero-order chi connectivity index (χ0) is 13.7. The van der Waals surface area contributed by atoms with Crippen molar-refractivity contribution in [3.8, 4) is 0 Å². The van der Waals surface area contributed by atoms with Gasteiger partial charge >= 0.3 is 0 Å². The number of azide groups is 1. The van der Waals surface area contributed by atoms with Gasteiger partial charge in [-0.25, -0.2) is 13.1 Å². The molecule has 0 radical (unpaired) electrons. The fourth-order valence-corrected chi connectivity index (χ4v) is 2.90. The average molecular weight is 277 g/mol. The molecule has 0 spiro atoms. The van der Waals surface area contributed by atoms with E-state index >= 15 is 0 Å². The van der Waals surface area contributed by atoms with Crippen molar-refractivity contribution in [2.45, 2.75) is 4.90 Å². The molecule has 1 N–H and O–H groups in total. The Bertz CT molecular complexity index is 732. The molecular weight excluding hydrogens is 266 g/mol. The number of rotatable bonds is 5. The second-order valence-corrected chi connectivity index (χ2v) is 5.41. The lowest BCUT2D eigenvalue weighted by Gasteiger charge is -2.08. The van der Waals surface area contributed by atoms with Gasteiger partial charge in [0.25, 0.3) is 0 Å². The number of sulfonamides is 1. The van der Waals surface area contributed by atoms with Crippen LogP contribution in [0.15, 0.2) is 46.5 Å². The number of nitrogens with one attached hydrogen (secondary N) is 1. The molecule has 0 fully saturated rings. The summed E-state index contributed by atoms with van der Waals surface area (Å²) in [7, 11) is -3.64. The lowest BCUT2D eigenvalue weighted by Crippen LogP contribution is -2.26. The molecule has 1 aromatic carbocycles. The Hall–Kier alpha value is -2.15. The van der Waals surface area contributed by atoms with Crippen LogP contribution < -0.4 is 4.72 Å². The number of hydrogen-bond donors (Lipinski definition) is 1. The Morgan fingerprint density at radius 1 is 1.32 bits per heavy atom. The molecule has 0 bridgehead atoms. The van der Waals surface area contributed by atoms with Crippen molar-refractivity contribution in [3.05, 3.63) is 47.0 Å². The minimum absolute atomic E-state index is 0.0586. The zero-order valence-electron chi connectivity index (χ0n) is 9.89. The maximum atomic E-state index is 12.1. The van der Waals surface area contributed by atoms with Gasteiger partial charge in [-0.05, 0) is 29.8 Å². The molecule has 1 aromatic heterocycles. The number of pyridine rings is 1. The minimum atomic E-state index is -3.64. The smallest absolute Gasteiger partial charge is 0.241 e. The normalized spacial score (nSPS) is 11.2. The molecule has 0 aliphatic heterocycles. The van der Waals surface area contributed by atoms with E-state index in [1.165, 1.54) is 6.07 Å². The topological polar surface area (TPSA) is 108 Å². The number of benzene rings is 1. The van der Waals surface area contributed by atoms with Crippen molar-refractivity contribution < 1.29 is 8.42 Å². The van der Waals surface area contributed by atoms with Gasteiger partial charge < -0.3 is 0 Å². The van der Waals surface area contributed by atoms with Gasteiger partial charge in [-0.2, -0.15) is 0 Å². The standard InChI is InChI=1S/C11H11N5O2S/c12-16-14-7-8-15-19(17,18)11-5-1-4-10-9(11)3-2-6-13-10/h1-6,15H,7-8H2. The summed E-state index contributed by atoms with van der Waals surface area (Å²) in [6.07, 6.45) is 1.60. The van der Waals surface area contributed by atoms with Crippen LogP contribution in [0, 0.1) is 0 Å². The maximum Gasteiger partial charge on any atom is 0.241 e. The number of aromatic nitrogens is 1. The highest BCUT2D eigenvalue weighted by molar-refractivity contribution is 7.89. The van der Waals surface area contributed by atoms with Gasteiger partial charge in [-0.15, -0.1) is 0 Å². The summed E-state index contributed by atoms with van der Waals surface area (Å²) in [6.45, 7) is 0.127. The van der Waals surface area contributed by atoms with Gasteiger partial charge in [0.05, 0.1) is 10.4 Å². The summed E-state index contributed by atoms with van der Waals surface area (Å²) in [6, 6.07) is 8.28. The van der Waals surface area contributed by atoms with Gasteiger partial charge in [-0.3, -0.25) is 4.98 Å². The second-order valence-electron chi connectivity index (χ2n) is 3.68. The van der Waals surface area contributed by atoms with Crippen LogP contribution in [-0.4, -0.2) is 26.5 Å². The first-order valence-electron chi connectivity index (χ1n) is 5.49. The van der Waals surface area contributed by atoms with E-state index in [9.17, 15) is 8.42 Å². The average Bonchev–Trinajstić information content (AvgIpc) is 2.43. The molecule has 19 heavy (non-hydrogen) atoms. The molecule has 0 saturated heterocycles. The van der Waals surface area contributed by atoms with Crippen LogP contribution in [0.3, 0.4) is 0 Å². The molecule has 0 amide bonds. The molecule has 1 heterocycles. The van der Waals surface area contributed by atoms with E-state index in [2.05, 4.69) is 19.7 Å². The highest BCUT2D eigenvalue weighted by Crippen LogP contribution is 2.20.